The van der Waals surface area contributed by atoms with Crippen molar-refractivity contribution in [3.8, 4) is 11.3 Å². The number of hydrogen-bond acceptors (Lipinski definition) is 8. The van der Waals surface area contributed by atoms with Gasteiger partial charge >= 0.3 is 0 Å². The van der Waals surface area contributed by atoms with Gasteiger partial charge in [0.25, 0.3) is 0 Å². The topological polar surface area (TPSA) is 84.1 Å². The average Bonchev–Trinajstić information content (AvgIpc) is 3.19. The molecule has 0 atom stereocenters. The first-order valence-electron chi connectivity index (χ1n) is 11.5. The molecule has 1 saturated carbocycles. The Morgan fingerprint density at radius 3 is 2.74 bits per heavy atom. The number of hydrogen-bond donors (Lipinski definition) is 3. The van der Waals surface area contributed by atoms with Crippen LogP contribution in [0.25, 0.3) is 22.5 Å². The minimum Gasteiger partial charge on any atom is -0.329 e. The summed E-state index contributed by atoms with van der Waals surface area (Å²) < 4.78 is 7.15. The normalized spacial score (nSPS) is 15.7. The minimum absolute atomic E-state index is 0.765. The molecule has 0 bridgehead atoms. The number of aryl methyl sites for hydroxylation is 2. The number of aromatic nitrogens is 5. The smallest absolute Gasteiger partial charge is 0.181 e. The summed E-state index contributed by atoms with van der Waals surface area (Å²) in [6, 6.07) is 2.99. The van der Waals surface area contributed by atoms with Crippen LogP contribution in [0.2, 0.25) is 0 Å². The number of nitrogens with zero attached hydrogens (tertiary/aromatic N) is 5. The average molecular weight is 495 g/mol. The number of thiophene rings is 1. The SMILES string of the molecule is CSNC1CC1.Cc1csc(Nc2nc(C3=CCCNC3)cn3c(-c4cnn(C)c4)cnc23)c1. The van der Waals surface area contributed by atoms with Crippen molar-refractivity contribution < 1.29 is 0 Å². The summed E-state index contributed by atoms with van der Waals surface area (Å²) in [7, 11) is 1.92. The zero-order chi connectivity index (χ0) is 23.5. The van der Waals surface area contributed by atoms with Crippen LogP contribution in [0.1, 0.15) is 30.5 Å². The van der Waals surface area contributed by atoms with Gasteiger partial charge in [0.1, 0.15) is 0 Å². The van der Waals surface area contributed by atoms with Gasteiger partial charge in [-0.15, -0.1) is 11.3 Å². The van der Waals surface area contributed by atoms with Gasteiger partial charge in [0.05, 0.1) is 28.8 Å². The Morgan fingerprint density at radius 2 is 2.12 bits per heavy atom. The van der Waals surface area contributed by atoms with E-state index in [0.29, 0.717) is 0 Å². The Bertz CT molecular complexity index is 1300. The van der Waals surface area contributed by atoms with E-state index in [2.05, 4.69) is 66.7 Å². The van der Waals surface area contributed by atoms with Gasteiger partial charge in [-0.1, -0.05) is 18.0 Å². The predicted molar refractivity (Wildman–Crippen MR) is 143 cm³/mol. The lowest BCUT2D eigenvalue weighted by atomic mass is 10.1. The first-order chi connectivity index (χ1) is 16.6. The Kier molecular flexibility index (Phi) is 7.00. The molecule has 34 heavy (non-hydrogen) atoms. The van der Waals surface area contributed by atoms with E-state index in [1.165, 1.54) is 24.0 Å². The summed E-state index contributed by atoms with van der Waals surface area (Å²) >= 11 is 3.39. The molecule has 0 radical (unpaired) electrons. The highest BCUT2D eigenvalue weighted by Gasteiger charge is 2.19. The van der Waals surface area contributed by atoms with Crippen LogP contribution in [0, 0.1) is 6.92 Å². The lowest BCUT2D eigenvalue weighted by Gasteiger charge is -2.16. The standard InChI is InChI=1S/C20H21N7S.C4H9NS/c1-13-6-18(28-12-13)25-19-20-22-9-17(15-8-23-26(2)10-15)27(20)11-16(24-19)14-4-3-5-21-7-14;1-6-5-4-2-3-4/h4,6,8-12,21H,3,5,7H2,1-2H3,(H,24,25);4-5H,2-3H2,1H3. The van der Waals surface area contributed by atoms with Gasteiger partial charge in [0.2, 0.25) is 0 Å². The van der Waals surface area contributed by atoms with Crippen molar-refractivity contribution in [2.75, 3.05) is 24.7 Å². The van der Waals surface area contributed by atoms with Gasteiger partial charge in [-0.2, -0.15) is 5.10 Å². The molecule has 6 rings (SSSR count). The molecule has 4 aromatic rings. The van der Waals surface area contributed by atoms with Crippen molar-refractivity contribution in [1.82, 2.24) is 34.2 Å². The van der Waals surface area contributed by atoms with Crippen molar-refractivity contribution >= 4 is 45.3 Å². The number of rotatable bonds is 6. The molecule has 0 saturated heterocycles. The zero-order valence-corrected chi connectivity index (χ0v) is 21.3. The van der Waals surface area contributed by atoms with E-state index in [1.54, 1.807) is 28.0 Å². The highest BCUT2D eigenvalue weighted by Crippen LogP contribution is 2.30. The number of nitrogens with one attached hydrogen (secondary N) is 3. The molecular formula is C24H30N8S2. The molecule has 8 nitrogen and oxygen atoms in total. The van der Waals surface area contributed by atoms with Gasteiger partial charge in [-0.25, -0.2) is 9.97 Å². The fourth-order valence-electron chi connectivity index (χ4n) is 3.81. The number of anilines is 2. The Hall–Kier alpha value is -2.66. The van der Waals surface area contributed by atoms with Crippen LogP contribution in [0.5, 0.6) is 0 Å². The summed E-state index contributed by atoms with van der Waals surface area (Å²) in [5, 5.41) is 14.4. The molecule has 0 amide bonds. The second-order valence-corrected chi connectivity index (χ2v) is 10.2. The molecule has 4 aromatic heterocycles. The third-order valence-corrected chi connectivity index (χ3v) is 7.22. The van der Waals surface area contributed by atoms with E-state index < -0.39 is 0 Å². The van der Waals surface area contributed by atoms with E-state index in [1.807, 2.05) is 25.6 Å². The van der Waals surface area contributed by atoms with Crippen molar-refractivity contribution in [3.63, 3.8) is 0 Å². The third kappa shape index (κ3) is 5.35. The lowest BCUT2D eigenvalue weighted by Crippen LogP contribution is -2.22. The highest BCUT2D eigenvalue weighted by atomic mass is 32.2. The quantitative estimate of drug-likeness (QED) is 0.337. The fraction of sp³-hybridized carbons (Fsp3) is 0.375. The van der Waals surface area contributed by atoms with Crippen LogP contribution >= 0.6 is 23.3 Å². The monoisotopic (exact) mass is 494 g/mol. The van der Waals surface area contributed by atoms with E-state index in [-0.39, 0.29) is 0 Å². The molecule has 2 aliphatic rings. The molecule has 178 valence electrons. The maximum atomic E-state index is 4.92. The van der Waals surface area contributed by atoms with Crippen LogP contribution in [-0.4, -0.2) is 49.5 Å². The Balaban J connectivity index is 0.000000351. The van der Waals surface area contributed by atoms with Crippen LogP contribution in [0.15, 0.2) is 42.3 Å². The van der Waals surface area contributed by atoms with Gasteiger partial charge in [0.15, 0.2) is 11.5 Å². The van der Waals surface area contributed by atoms with Crippen molar-refractivity contribution in [3.05, 3.63) is 53.6 Å². The molecule has 10 heteroatoms. The van der Waals surface area contributed by atoms with Crippen molar-refractivity contribution in [2.45, 2.75) is 32.2 Å². The second-order valence-electron chi connectivity index (χ2n) is 8.62. The maximum Gasteiger partial charge on any atom is 0.181 e. The molecule has 0 aromatic carbocycles. The second kappa shape index (κ2) is 10.3. The molecule has 0 unspecified atom stereocenters. The lowest BCUT2D eigenvalue weighted by molar-refractivity contribution is 0.737. The molecular weight excluding hydrogens is 464 g/mol. The third-order valence-electron chi connectivity index (χ3n) is 5.68. The van der Waals surface area contributed by atoms with Crippen LogP contribution in [0.3, 0.4) is 0 Å². The van der Waals surface area contributed by atoms with Gasteiger partial charge in [-0.05, 0) is 61.6 Å². The van der Waals surface area contributed by atoms with Gasteiger partial charge < -0.3 is 10.6 Å². The summed E-state index contributed by atoms with van der Waals surface area (Å²) in [5.74, 6) is 0.765. The fourth-order valence-corrected chi connectivity index (χ4v) is 5.17. The molecule has 1 aliphatic carbocycles. The summed E-state index contributed by atoms with van der Waals surface area (Å²) in [6.07, 6.45) is 16.0. The largest absolute Gasteiger partial charge is 0.329 e. The minimum atomic E-state index is 0.765. The van der Waals surface area contributed by atoms with Gasteiger partial charge in [-0.3, -0.25) is 13.8 Å². The summed E-state index contributed by atoms with van der Waals surface area (Å²) in [5.41, 5.74) is 6.24. The Labute approximate surface area is 208 Å². The van der Waals surface area contributed by atoms with Crippen LogP contribution in [-0.2, 0) is 7.05 Å². The van der Waals surface area contributed by atoms with Crippen LogP contribution in [0.4, 0.5) is 10.8 Å². The molecule has 5 heterocycles. The summed E-state index contributed by atoms with van der Waals surface area (Å²) in [4.78, 5) is 9.59. The first kappa shape index (κ1) is 23.1. The molecule has 3 N–H and O–H groups in total. The zero-order valence-electron chi connectivity index (χ0n) is 19.7. The number of imidazole rings is 1. The van der Waals surface area contributed by atoms with E-state index >= 15 is 0 Å². The highest BCUT2D eigenvalue weighted by molar-refractivity contribution is 7.96. The Morgan fingerprint density at radius 1 is 1.24 bits per heavy atom. The van der Waals surface area contributed by atoms with E-state index in [9.17, 15) is 0 Å². The number of fused-ring (bicyclic) bond motifs is 1. The molecule has 1 fully saturated rings. The first-order valence-corrected chi connectivity index (χ1v) is 13.6. The maximum absolute atomic E-state index is 4.92. The molecule has 1 aliphatic heterocycles. The van der Waals surface area contributed by atoms with E-state index in [4.69, 9.17) is 4.98 Å². The van der Waals surface area contributed by atoms with Crippen molar-refractivity contribution in [2.24, 2.45) is 7.05 Å². The van der Waals surface area contributed by atoms with Crippen LogP contribution < -0.4 is 15.4 Å². The van der Waals surface area contributed by atoms with E-state index in [0.717, 1.165) is 59.0 Å². The predicted octanol–water partition coefficient (Wildman–Crippen LogP) is 4.64. The van der Waals surface area contributed by atoms with Gasteiger partial charge in [0, 0.05) is 37.6 Å². The summed E-state index contributed by atoms with van der Waals surface area (Å²) in [6.45, 7) is 3.93. The molecule has 0 spiro atoms. The van der Waals surface area contributed by atoms with Crippen molar-refractivity contribution in [1.29, 1.82) is 0 Å².